The van der Waals surface area contributed by atoms with Gasteiger partial charge in [-0.15, -0.1) is 0 Å². The van der Waals surface area contributed by atoms with Gasteiger partial charge in [-0.1, -0.05) is 6.92 Å². The molecule has 0 radical (unpaired) electrons. The molecule has 3 amide bonds. The van der Waals surface area contributed by atoms with Crippen LogP contribution in [0.5, 0.6) is 0 Å². The smallest absolute Gasteiger partial charge is 0.251 e. The van der Waals surface area contributed by atoms with Crippen LogP contribution < -0.4 is 20.9 Å². The second kappa shape index (κ2) is 10.1. The fourth-order valence-electron chi connectivity index (χ4n) is 2.42. The molecule has 7 nitrogen and oxygen atoms in total. The Labute approximate surface area is 165 Å². The number of rotatable bonds is 8. The van der Waals surface area contributed by atoms with Crippen LogP contribution in [-0.2, 0) is 9.59 Å². The molecule has 0 bridgehead atoms. The van der Waals surface area contributed by atoms with Gasteiger partial charge in [-0.05, 0) is 55.0 Å². The number of hydrogen-bond acceptors (Lipinski definition) is 4. The SMILES string of the molecule is CCCNC(=O)c1ccc(NCC(=O)Nc2ccc(N(C)C(C)=O)cc2)cc1. The maximum atomic E-state index is 12.1. The van der Waals surface area contributed by atoms with Crippen molar-refractivity contribution in [2.75, 3.05) is 35.7 Å². The van der Waals surface area contributed by atoms with Crippen LogP contribution in [0.25, 0.3) is 0 Å². The maximum absolute atomic E-state index is 12.1. The first-order valence-corrected chi connectivity index (χ1v) is 9.17. The molecule has 0 saturated heterocycles. The van der Waals surface area contributed by atoms with E-state index in [1.807, 2.05) is 6.92 Å². The molecule has 0 heterocycles. The molecule has 0 fully saturated rings. The topological polar surface area (TPSA) is 90.5 Å². The van der Waals surface area contributed by atoms with Crippen molar-refractivity contribution >= 4 is 34.8 Å². The summed E-state index contributed by atoms with van der Waals surface area (Å²) >= 11 is 0. The summed E-state index contributed by atoms with van der Waals surface area (Å²) in [4.78, 5) is 36.9. The van der Waals surface area contributed by atoms with Crippen molar-refractivity contribution < 1.29 is 14.4 Å². The minimum Gasteiger partial charge on any atom is -0.376 e. The minimum atomic E-state index is -0.197. The van der Waals surface area contributed by atoms with E-state index < -0.39 is 0 Å². The molecule has 2 aromatic rings. The van der Waals surface area contributed by atoms with E-state index in [1.165, 1.54) is 11.8 Å². The summed E-state index contributed by atoms with van der Waals surface area (Å²) < 4.78 is 0. The van der Waals surface area contributed by atoms with Crippen LogP contribution >= 0.6 is 0 Å². The van der Waals surface area contributed by atoms with E-state index in [-0.39, 0.29) is 24.3 Å². The Bertz CT molecular complexity index is 817. The van der Waals surface area contributed by atoms with Crippen molar-refractivity contribution in [2.45, 2.75) is 20.3 Å². The predicted octanol–water partition coefficient (Wildman–Crippen LogP) is 2.86. The standard InChI is InChI=1S/C21H26N4O3/c1-4-13-22-21(28)16-5-7-17(8-6-16)23-14-20(27)24-18-9-11-19(12-10-18)25(3)15(2)26/h5-12,23H,4,13-14H2,1-3H3,(H,22,28)(H,24,27). The van der Waals surface area contributed by atoms with E-state index in [9.17, 15) is 14.4 Å². The third-order valence-electron chi connectivity index (χ3n) is 4.15. The Balaban J connectivity index is 1.83. The number of nitrogens with zero attached hydrogens (tertiary/aromatic N) is 1. The molecule has 3 N–H and O–H groups in total. The average Bonchev–Trinajstić information content (AvgIpc) is 2.70. The van der Waals surface area contributed by atoms with Crippen molar-refractivity contribution in [1.82, 2.24) is 5.32 Å². The molecular formula is C21H26N4O3. The zero-order valence-electron chi connectivity index (χ0n) is 16.4. The highest BCUT2D eigenvalue weighted by Crippen LogP contribution is 2.17. The lowest BCUT2D eigenvalue weighted by atomic mass is 10.2. The number of carbonyl (C=O) groups excluding carboxylic acids is 3. The number of carbonyl (C=O) groups is 3. The van der Waals surface area contributed by atoms with Gasteiger partial charge in [-0.2, -0.15) is 0 Å². The molecular weight excluding hydrogens is 356 g/mol. The second-order valence-electron chi connectivity index (χ2n) is 6.36. The van der Waals surface area contributed by atoms with Gasteiger partial charge in [0, 0.05) is 43.1 Å². The lowest BCUT2D eigenvalue weighted by Gasteiger charge is -2.15. The van der Waals surface area contributed by atoms with Gasteiger partial charge in [0.1, 0.15) is 0 Å². The normalized spacial score (nSPS) is 10.1. The summed E-state index contributed by atoms with van der Waals surface area (Å²) in [6, 6.07) is 14.0. The van der Waals surface area contributed by atoms with Crippen LogP contribution in [-0.4, -0.2) is 37.9 Å². The van der Waals surface area contributed by atoms with Gasteiger partial charge in [0.25, 0.3) is 5.91 Å². The molecule has 7 heteroatoms. The molecule has 0 atom stereocenters. The summed E-state index contributed by atoms with van der Waals surface area (Å²) in [7, 11) is 1.69. The molecule has 0 aliphatic heterocycles. The first-order valence-electron chi connectivity index (χ1n) is 9.17. The van der Waals surface area contributed by atoms with Crippen molar-refractivity contribution in [2.24, 2.45) is 0 Å². The van der Waals surface area contributed by atoms with Gasteiger partial charge in [-0.25, -0.2) is 0 Å². The fourth-order valence-corrected chi connectivity index (χ4v) is 2.42. The monoisotopic (exact) mass is 382 g/mol. The molecule has 0 spiro atoms. The van der Waals surface area contributed by atoms with Crippen LogP contribution in [0.4, 0.5) is 17.1 Å². The molecule has 0 aromatic heterocycles. The fraction of sp³-hybridized carbons (Fsp3) is 0.286. The molecule has 0 unspecified atom stereocenters. The first kappa shape index (κ1) is 21.0. The summed E-state index contributed by atoms with van der Waals surface area (Å²) in [5.41, 5.74) is 2.74. The van der Waals surface area contributed by atoms with E-state index in [1.54, 1.807) is 55.6 Å². The van der Waals surface area contributed by atoms with Gasteiger partial charge < -0.3 is 20.9 Å². The van der Waals surface area contributed by atoms with Crippen molar-refractivity contribution in [3.63, 3.8) is 0 Å². The van der Waals surface area contributed by atoms with Crippen LogP contribution in [0.3, 0.4) is 0 Å². The van der Waals surface area contributed by atoms with E-state index in [4.69, 9.17) is 0 Å². The predicted molar refractivity (Wildman–Crippen MR) is 112 cm³/mol. The number of amides is 3. The van der Waals surface area contributed by atoms with E-state index >= 15 is 0 Å². The number of anilines is 3. The maximum Gasteiger partial charge on any atom is 0.251 e. The Hall–Kier alpha value is -3.35. The number of nitrogens with one attached hydrogen (secondary N) is 3. The number of benzene rings is 2. The van der Waals surface area contributed by atoms with Gasteiger partial charge >= 0.3 is 0 Å². The van der Waals surface area contributed by atoms with Gasteiger partial charge in [0.05, 0.1) is 6.54 Å². The summed E-state index contributed by atoms with van der Waals surface area (Å²) in [5, 5.41) is 8.63. The minimum absolute atomic E-state index is 0.0603. The van der Waals surface area contributed by atoms with Gasteiger partial charge in [0.2, 0.25) is 11.8 Å². The first-order chi connectivity index (χ1) is 13.4. The third-order valence-corrected chi connectivity index (χ3v) is 4.15. The molecule has 0 aliphatic rings. The highest BCUT2D eigenvalue weighted by Gasteiger charge is 2.07. The van der Waals surface area contributed by atoms with Crippen LogP contribution in [0, 0.1) is 0 Å². The van der Waals surface area contributed by atoms with Crippen LogP contribution in [0.2, 0.25) is 0 Å². The van der Waals surface area contributed by atoms with E-state index in [0.717, 1.165) is 17.8 Å². The summed E-state index contributed by atoms with van der Waals surface area (Å²) in [5.74, 6) is -0.364. The van der Waals surface area contributed by atoms with Crippen LogP contribution in [0.1, 0.15) is 30.6 Å². The molecule has 148 valence electrons. The Morgan fingerprint density at radius 3 is 2.11 bits per heavy atom. The van der Waals surface area contributed by atoms with Crippen molar-refractivity contribution in [1.29, 1.82) is 0 Å². The van der Waals surface area contributed by atoms with E-state index in [0.29, 0.717) is 17.8 Å². The molecule has 2 aromatic carbocycles. The zero-order chi connectivity index (χ0) is 20.5. The highest BCUT2D eigenvalue weighted by atomic mass is 16.2. The molecule has 2 rings (SSSR count). The molecule has 0 saturated carbocycles. The van der Waals surface area contributed by atoms with E-state index in [2.05, 4.69) is 16.0 Å². The Morgan fingerprint density at radius 1 is 0.929 bits per heavy atom. The van der Waals surface area contributed by atoms with Crippen molar-refractivity contribution in [3.05, 3.63) is 54.1 Å². The van der Waals surface area contributed by atoms with Crippen molar-refractivity contribution in [3.8, 4) is 0 Å². The Morgan fingerprint density at radius 2 is 1.54 bits per heavy atom. The highest BCUT2D eigenvalue weighted by molar-refractivity contribution is 5.96. The number of hydrogen-bond donors (Lipinski definition) is 3. The lowest BCUT2D eigenvalue weighted by Crippen LogP contribution is -2.24. The van der Waals surface area contributed by atoms with Gasteiger partial charge in [0.15, 0.2) is 0 Å². The summed E-state index contributed by atoms with van der Waals surface area (Å²) in [6.45, 7) is 4.23. The quantitative estimate of drug-likeness (QED) is 0.655. The molecule has 28 heavy (non-hydrogen) atoms. The third kappa shape index (κ3) is 6.12. The lowest BCUT2D eigenvalue weighted by molar-refractivity contribution is -0.116. The Kier molecular flexibility index (Phi) is 7.56. The second-order valence-corrected chi connectivity index (χ2v) is 6.36. The summed E-state index contributed by atoms with van der Waals surface area (Å²) in [6.07, 6.45) is 0.886. The molecule has 0 aliphatic carbocycles. The van der Waals surface area contributed by atoms with Gasteiger partial charge in [-0.3, -0.25) is 14.4 Å². The zero-order valence-corrected chi connectivity index (χ0v) is 16.4. The average molecular weight is 382 g/mol. The largest absolute Gasteiger partial charge is 0.376 e. The van der Waals surface area contributed by atoms with Crippen LogP contribution in [0.15, 0.2) is 48.5 Å².